The average molecular weight is 236 g/mol. The first kappa shape index (κ1) is 13.4. The van der Waals surface area contributed by atoms with Crippen molar-refractivity contribution >= 4 is 5.97 Å². The molecule has 0 aliphatic heterocycles. The maximum atomic E-state index is 11.0. The van der Waals surface area contributed by atoms with Gasteiger partial charge in [-0.3, -0.25) is 0 Å². The van der Waals surface area contributed by atoms with Crippen molar-refractivity contribution in [3.05, 3.63) is 48.0 Å². The Balaban J connectivity index is 2.59. The van der Waals surface area contributed by atoms with Gasteiger partial charge in [0.1, 0.15) is 12.2 Å². The molecule has 17 heavy (non-hydrogen) atoms. The summed E-state index contributed by atoms with van der Waals surface area (Å²) in [6.07, 6.45) is 0.138. The molecule has 1 rings (SSSR count). The lowest BCUT2D eigenvalue weighted by Gasteiger charge is -2.14. The fraction of sp³-hybridized carbons (Fsp3) is 0.308. The van der Waals surface area contributed by atoms with Gasteiger partial charge in [-0.05, 0) is 18.6 Å². The molecule has 0 amide bonds. The maximum Gasteiger partial charge on any atom is 0.330 e. The molecule has 0 aromatic heterocycles. The highest BCUT2D eigenvalue weighted by Gasteiger charge is 2.15. The van der Waals surface area contributed by atoms with Crippen molar-refractivity contribution in [1.82, 2.24) is 0 Å². The minimum absolute atomic E-state index is 0.278. The third kappa shape index (κ3) is 4.38. The molecule has 1 aromatic rings. The summed E-state index contributed by atoms with van der Waals surface area (Å²) in [5, 5.41) is 19.4. The zero-order chi connectivity index (χ0) is 12.7. The van der Waals surface area contributed by atoms with E-state index in [1.54, 1.807) is 31.2 Å². The molecule has 1 aromatic carbocycles. The molecule has 0 spiro atoms. The van der Waals surface area contributed by atoms with Crippen LogP contribution >= 0.6 is 0 Å². The van der Waals surface area contributed by atoms with E-state index in [1.165, 1.54) is 6.08 Å². The van der Waals surface area contributed by atoms with Crippen molar-refractivity contribution in [1.29, 1.82) is 0 Å². The predicted octanol–water partition coefficient (Wildman–Crippen LogP) is 1.20. The molecule has 4 heteroatoms. The van der Waals surface area contributed by atoms with Crippen LogP contribution in [0.5, 0.6) is 0 Å². The zero-order valence-electron chi connectivity index (χ0n) is 9.61. The molecule has 2 atom stereocenters. The van der Waals surface area contributed by atoms with Crippen LogP contribution in [-0.2, 0) is 9.53 Å². The van der Waals surface area contributed by atoms with Gasteiger partial charge in [0.05, 0.1) is 6.61 Å². The lowest BCUT2D eigenvalue weighted by molar-refractivity contribution is -0.137. The number of rotatable bonds is 5. The van der Waals surface area contributed by atoms with Gasteiger partial charge < -0.3 is 14.9 Å². The standard InChI is InChI=1S/C13H16O4/c1-2-17-12(15)9-8-11(14)13(16)10-6-4-3-5-7-10/h3-9,11,13-14,16H,2H2,1H3/b9-8+/t11-,13-/m0/s1. The van der Waals surface area contributed by atoms with Crippen molar-refractivity contribution < 1.29 is 19.7 Å². The van der Waals surface area contributed by atoms with Crippen LogP contribution in [0.25, 0.3) is 0 Å². The smallest absolute Gasteiger partial charge is 0.330 e. The first-order valence-corrected chi connectivity index (χ1v) is 5.41. The molecule has 2 N–H and O–H groups in total. The number of benzene rings is 1. The van der Waals surface area contributed by atoms with Crippen LogP contribution in [0.1, 0.15) is 18.6 Å². The third-order valence-corrected chi connectivity index (χ3v) is 2.18. The number of esters is 1. The van der Waals surface area contributed by atoms with E-state index < -0.39 is 18.2 Å². The lowest BCUT2D eigenvalue weighted by Crippen LogP contribution is -2.16. The fourth-order valence-electron chi connectivity index (χ4n) is 1.32. The van der Waals surface area contributed by atoms with Gasteiger partial charge >= 0.3 is 5.97 Å². The molecule has 0 saturated heterocycles. The minimum Gasteiger partial charge on any atom is -0.463 e. The van der Waals surface area contributed by atoms with Gasteiger partial charge in [0.15, 0.2) is 0 Å². The van der Waals surface area contributed by atoms with Gasteiger partial charge in [0.25, 0.3) is 0 Å². The summed E-state index contributed by atoms with van der Waals surface area (Å²) >= 11 is 0. The Bertz CT molecular complexity index is 372. The van der Waals surface area contributed by atoms with E-state index in [0.29, 0.717) is 5.56 Å². The first-order valence-electron chi connectivity index (χ1n) is 5.41. The van der Waals surface area contributed by atoms with E-state index in [0.717, 1.165) is 6.08 Å². The van der Waals surface area contributed by atoms with Crippen molar-refractivity contribution in [2.75, 3.05) is 6.61 Å². The second-order valence-corrected chi connectivity index (χ2v) is 3.46. The Morgan fingerprint density at radius 3 is 2.59 bits per heavy atom. The zero-order valence-corrected chi connectivity index (χ0v) is 9.61. The molecule has 0 radical (unpaired) electrons. The van der Waals surface area contributed by atoms with E-state index in [4.69, 9.17) is 0 Å². The number of aliphatic hydroxyl groups excluding tert-OH is 2. The summed E-state index contributed by atoms with van der Waals surface area (Å²) in [4.78, 5) is 11.0. The Labute approximate surface area is 100 Å². The van der Waals surface area contributed by atoms with Crippen LogP contribution in [0.3, 0.4) is 0 Å². The van der Waals surface area contributed by atoms with E-state index >= 15 is 0 Å². The Morgan fingerprint density at radius 1 is 1.35 bits per heavy atom. The number of ether oxygens (including phenoxy) is 1. The molecular weight excluding hydrogens is 220 g/mol. The molecule has 0 aliphatic rings. The van der Waals surface area contributed by atoms with Gasteiger partial charge in [0, 0.05) is 6.08 Å². The van der Waals surface area contributed by atoms with Crippen molar-refractivity contribution in [2.45, 2.75) is 19.1 Å². The van der Waals surface area contributed by atoms with E-state index in [9.17, 15) is 15.0 Å². The third-order valence-electron chi connectivity index (χ3n) is 2.18. The van der Waals surface area contributed by atoms with Gasteiger partial charge in [-0.15, -0.1) is 0 Å². The largest absolute Gasteiger partial charge is 0.463 e. The molecule has 0 bridgehead atoms. The minimum atomic E-state index is -1.14. The van der Waals surface area contributed by atoms with Crippen LogP contribution in [0.15, 0.2) is 42.5 Å². The van der Waals surface area contributed by atoms with Crippen molar-refractivity contribution in [2.24, 2.45) is 0 Å². The van der Waals surface area contributed by atoms with E-state index in [1.807, 2.05) is 6.07 Å². The molecule has 0 saturated carbocycles. The second-order valence-electron chi connectivity index (χ2n) is 3.46. The number of carbonyl (C=O) groups excluding carboxylic acids is 1. The number of hydrogen-bond acceptors (Lipinski definition) is 4. The second kappa shape index (κ2) is 6.83. The molecule has 0 unspecified atom stereocenters. The lowest BCUT2D eigenvalue weighted by atomic mass is 10.0. The molecule has 4 nitrogen and oxygen atoms in total. The average Bonchev–Trinajstić information content (AvgIpc) is 2.36. The van der Waals surface area contributed by atoms with Crippen molar-refractivity contribution in [3.8, 4) is 0 Å². The van der Waals surface area contributed by atoms with Gasteiger partial charge in [-0.1, -0.05) is 30.3 Å². The quantitative estimate of drug-likeness (QED) is 0.595. The highest BCUT2D eigenvalue weighted by atomic mass is 16.5. The molecule has 0 fully saturated rings. The topological polar surface area (TPSA) is 66.8 Å². The molecule has 92 valence electrons. The maximum absolute atomic E-state index is 11.0. The Morgan fingerprint density at radius 2 is 2.00 bits per heavy atom. The summed E-state index contributed by atoms with van der Waals surface area (Å²) in [6.45, 7) is 1.97. The van der Waals surface area contributed by atoms with E-state index in [-0.39, 0.29) is 6.61 Å². The van der Waals surface area contributed by atoms with E-state index in [2.05, 4.69) is 4.74 Å². The Hall–Kier alpha value is -1.65. The molecule has 0 heterocycles. The summed E-state index contributed by atoms with van der Waals surface area (Å²) in [7, 11) is 0. The van der Waals surface area contributed by atoms with Crippen LogP contribution in [0.2, 0.25) is 0 Å². The van der Waals surface area contributed by atoms with Crippen LogP contribution in [0.4, 0.5) is 0 Å². The Kier molecular flexibility index (Phi) is 5.39. The summed E-state index contributed by atoms with van der Waals surface area (Å²) in [6, 6.07) is 8.75. The SMILES string of the molecule is CCOC(=O)/C=C/[C@H](O)[C@@H](O)c1ccccc1. The highest BCUT2D eigenvalue weighted by molar-refractivity contribution is 5.81. The summed E-state index contributed by atoms with van der Waals surface area (Å²) < 4.78 is 4.66. The normalized spacial score (nSPS) is 14.5. The van der Waals surface area contributed by atoms with Gasteiger partial charge in [-0.2, -0.15) is 0 Å². The summed E-state index contributed by atoms with van der Waals surface area (Å²) in [5.41, 5.74) is 0.591. The van der Waals surface area contributed by atoms with Crippen LogP contribution < -0.4 is 0 Å². The van der Waals surface area contributed by atoms with Crippen molar-refractivity contribution in [3.63, 3.8) is 0 Å². The number of aliphatic hydroxyl groups is 2. The predicted molar refractivity (Wildman–Crippen MR) is 63.2 cm³/mol. The van der Waals surface area contributed by atoms with Crippen LogP contribution in [-0.4, -0.2) is 28.9 Å². The summed E-state index contributed by atoms with van der Waals surface area (Å²) in [5.74, 6) is -0.535. The van der Waals surface area contributed by atoms with Gasteiger partial charge in [-0.25, -0.2) is 4.79 Å². The van der Waals surface area contributed by atoms with Crippen LogP contribution in [0, 0.1) is 0 Å². The number of hydrogen-bond donors (Lipinski definition) is 2. The highest BCUT2D eigenvalue weighted by Crippen LogP contribution is 2.16. The molecular formula is C13H16O4. The monoisotopic (exact) mass is 236 g/mol. The number of carbonyl (C=O) groups is 1. The fourth-order valence-corrected chi connectivity index (χ4v) is 1.32. The van der Waals surface area contributed by atoms with Gasteiger partial charge in [0.2, 0.25) is 0 Å². The first-order chi connectivity index (χ1) is 8.15. The molecule has 0 aliphatic carbocycles.